The zero-order valence-electron chi connectivity index (χ0n) is 23.4. The first kappa shape index (κ1) is 31.8. The molecule has 0 radical (unpaired) electrons. The van der Waals surface area contributed by atoms with Crippen LogP contribution < -0.4 is 14.8 Å². The Kier molecular flexibility index (Phi) is 11.4. The number of hydrogen-bond donors (Lipinski definition) is 1. The summed E-state index contributed by atoms with van der Waals surface area (Å²) in [5.41, 5.74) is 1.07. The quantitative estimate of drug-likeness (QED) is 0.269. The van der Waals surface area contributed by atoms with Crippen molar-refractivity contribution >= 4 is 29.0 Å². The Hall–Kier alpha value is -3.77. The predicted octanol–water partition coefficient (Wildman–Crippen LogP) is 5.84. The number of aryl methyl sites for hydroxylation is 1. The number of carbonyl (C=O) groups is 2. The molecule has 0 bridgehead atoms. The smallest absolute Gasteiger partial charge is 0.416 e. The van der Waals surface area contributed by atoms with E-state index in [2.05, 4.69) is 5.32 Å². The molecule has 1 aromatic heterocycles. The minimum absolute atomic E-state index is 0.0285. The van der Waals surface area contributed by atoms with E-state index in [1.165, 1.54) is 35.5 Å². The van der Waals surface area contributed by atoms with Crippen LogP contribution in [0.3, 0.4) is 0 Å². The number of alkyl halides is 3. The first-order chi connectivity index (χ1) is 19.5. The summed E-state index contributed by atoms with van der Waals surface area (Å²) >= 11 is 1.54. The first-order valence-corrected chi connectivity index (χ1v) is 13.7. The number of rotatable bonds is 13. The van der Waals surface area contributed by atoms with Crippen molar-refractivity contribution in [1.82, 2.24) is 9.80 Å². The number of nitrogens with one attached hydrogen (secondary N) is 1. The average Bonchev–Trinajstić information content (AvgIpc) is 3.36. The summed E-state index contributed by atoms with van der Waals surface area (Å²) < 4.78 is 55.3. The monoisotopic (exact) mass is 593 g/mol. The Morgan fingerprint density at radius 2 is 1.71 bits per heavy atom. The molecule has 0 spiro atoms. The molecule has 41 heavy (non-hydrogen) atoms. The third-order valence-electron chi connectivity index (χ3n) is 6.39. The molecule has 0 saturated heterocycles. The topological polar surface area (TPSA) is 80.3 Å². The Morgan fingerprint density at radius 1 is 0.951 bits per heavy atom. The average molecular weight is 594 g/mol. The van der Waals surface area contributed by atoms with Crippen molar-refractivity contribution in [3.05, 3.63) is 75.5 Å². The SMILES string of the molecule is COCCN(CC(=O)N(CCc1ccc(OC)c(OC)c1)Cc1sccc1C)C(=O)Nc1cccc(C(F)(F)F)c1. The number of urea groups is 1. The Bertz CT molecular complexity index is 1310. The molecule has 1 N–H and O–H groups in total. The van der Waals surface area contributed by atoms with E-state index in [0.29, 0.717) is 31.0 Å². The van der Waals surface area contributed by atoms with Gasteiger partial charge >= 0.3 is 12.2 Å². The van der Waals surface area contributed by atoms with Gasteiger partial charge in [0.1, 0.15) is 6.54 Å². The van der Waals surface area contributed by atoms with Crippen molar-refractivity contribution in [2.24, 2.45) is 0 Å². The van der Waals surface area contributed by atoms with Crippen LogP contribution in [-0.2, 0) is 28.7 Å². The summed E-state index contributed by atoms with van der Waals surface area (Å²) in [7, 11) is 4.57. The van der Waals surface area contributed by atoms with E-state index < -0.39 is 17.8 Å². The third kappa shape index (κ3) is 9.12. The number of benzene rings is 2. The number of halogens is 3. The molecule has 222 valence electrons. The largest absolute Gasteiger partial charge is 0.493 e. The highest BCUT2D eigenvalue weighted by molar-refractivity contribution is 7.10. The van der Waals surface area contributed by atoms with Gasteiger partial charge in [0.2, 0.25) is 5.91 Å². The zero-order chi connectivity index (χ0) is 30.0. The molecule has 0 saturated carbocycles. The van der Waals surface area contributed by atoms with Crippen molar-refractivity contribution in [2.75, 3.05) is 52.9 Å². The molecule has 0 atom stereocenters. The van der Waals surface area contributed by atoms with Gasteiger partial charge in [-0.3, -0.25) is 4.79 Å². The Morgan fingerprint density at radius 3 is 2.34 bits per heavy atom. The highest BCUT2D eigenvalue weighted by Gasteiger charge is 2.31. The van der Waals surface area contributed by atoms with Crippen LogP contribution in [0.4, 0.5) is 23.7 Å². The molecular weight excluding hydrogens is 559 g/mol. The highest BCUT2D eigenvalue weighted by atomic mass is 32.1. The van der Waals surface area contributed by atoms with Crippen LogP contribution in [-0.4, -0.2) is 69.3 Å². The van der Waals surface area contributed by atoms with E-state index in [-0.39, 0.29) is 31.3 Å². The minimum Gasteiger partial charge on any atom is -0.493 e. The van der Waals surface area contributed by atoms with Gasteiger partial charge in [0.15, 0.2) is 11.5 Å². The number of amides is 3. The number of hydrogen-bond acceptors (Lipinski definition) is 6. The predicted molar refractivity (Wildman–Crippen MR) is 152 cm³/mol. The number of nitrogens with zero attached hydrogens (tertiary/aromatic N) is 2. The third-order valence-corrected chi connectivity index (χ3v) is 7.40. The number of carbonyl (C=O) groups excluding carboxylic acids is 2. The molecule has 12 heteroatoms. The molecular formula is C29H34F3N3O5S. The molecule has 2 aromatic carbocycles. The molecule has 0 aliphatic rings. The fourth-order valence-corrected chi connectivity index (χ4v) is 4.95. The maximum absolute atomic E-state index is 13.6. The van der Waals surface area contributed by atoms with Gasteiger partial charge in [-0.1, -0.05) is 12.1 Å². The van der Waals surface area contributed by atoms with E-state index >= 15 is 0 Å². The summed E-state index contributed by atoms with van der Waals surface area (Å²) in [6.07, 6.45) is -4.04. The van der Waals surface area contributed by atoms with Crippen molar-refractivity contribution in [3.63, 3.8) is 0 Å². The molecule has 3 amide bonds. The summed E-state index contributed by atoms with van der Waals surface area (Å²) in [5.74, 6) is 0.863. The Balaban J connectivity index is 1.78. The van der Waals surface area contributed by atoms with Crippen LogP contribution in [0.5, 0.6) is 11.5 Å². The van der Waals surface area contributed by atoms with E-state index in [1.807, 2.05) is 30.5 Å². The standard InChI is InChI=1S/C29H34F3N3O5S/c1-20-11-15-41-26(20)18-34(12-10-21-8-9-24(39-3)25(16-21)40-4)27(36)19-35(13-14-38-2)28(37)33-23-7-5-6-22(17-23)29(30,31)32/h5-9,11,15-17H,10,12-14,18-19H2,1-4H3,(H,33,37). The summed E-state index contributed by atoms with van der Waals surface area (Å²) in [4.78, 5) is 30.6. The maximum atomic E-state index is 13.6. The number of ether oxygens (including phenoxy) is 3. The first-order valence-electron chi connectivity index (χ1n) is 12.8. The zero-order valence-corrected chi connectivity index (χ0v) is 24.2. The van der Waals surface area contributed by atoms with Crippen molar-refractivity contribution in [2.45, 2.75) is 26.1 Å². The molecule has 0 aliphatic carbocycles. The second kappa shape index (κ2) is 14.7. The van der Waals surface area contributed by atoms with Crippen LogP contribution in [0, 0.1) is 6.92 Å². The molecule has 1 heterocycles. The van der Waals surface area contributed by atoms with Crippen LogP contribution >= 0.6 is 11.3 Å². The van der Waals surface area contributed by atoms with Gasteiger partial charge < -0.3 is 29.3 Å². The van der Waals surface area contributed by atoms with Gasteiger partial charge in [-0.2, -0.15) is 13.2 Å². The van der Waals surface area contributed by atoms with Gasteiger partial charge in [-0.25, -0.2) is 4.79 Å². The lowest BCUT2D eigenvalue weighted by atomic mass is 10.1. The molecule has 0 unspecified atom stereocenters. The van der Waals surface area contributed by atoms with Gasteiger partial charge in [0.05, 0.1) is 32.9 Å². The second-order valence-electron chi connectivity index (χ2n) is 9.20. The van der Waals surface area contributed by atoms with E-state index in [4.69, 9.17) is 14.2 Å². The summed E-state index contributed by atoms with van der Waals surface area (Å²) in [6.45, 7) is 2.59. The normalized spacial score (nSPS) is 11.2. The Labute approximate surface area is 241 Å². The molecule has 0 aliphatic heterocycles. The van der Waals surface area contributed by atoms with Crippen LogP contribution in [0.1, 0.15) is 21.6 Å². The second-order valence-corrected chi connectivity index (χ2v) is 10.2. The van der Waals surface area contributed by atoms with E-state index in [0.717, 1.165) is 28.1 Å². The highest BCUT2D eigenvalue weighted by Crippen LogP contribution is 2.31. The lowest BCUT2D eigenvalue weighted by Gasteiger charge is -2.28. The number of anilines is 1. The van der Waals surface area contributed by atoms with Crippen molar-refractivity contribution in [3.8, 4) is 11.5 Å². The van der Waals surface area contributed by atoms with Crippen LogP contribution in [0.25, 0.3) is 0 Å². The van der Waals surface area contributed by atoms with E-state index in [9.17, 15) is 22.8 Å². The number of thiophene rings is 1. The van der Waals surface area contributed by atoms with Gasteiger partial charge in [-0.05, 0) is 66.2 Å². The molecule has 3 rings (SSSR count). The minimum atomic E-state index is -4.55. The van der Waals surface area contributed by atoms with E-state index in [1.54, 1.807) is 25.2 Å². The number of methoxy groups -OCH3 is 3. The fraction of sp³-hybridized carbons (Fsp3) is 0.379. The maximum Gasteiger partial charge on any atom is 0.416 e. The van der Waals surface area contributed by atoms with Crippen LogP contribution in [0.15, 0.2) is 53.9 Å². The summed E-state index contributed by atoms with van der Waals surface area (Å²) in [5, 5.41) is 4.43. The molecule has 3 aromatic rings. The van der Waals surface area contributed by atoms with Crippen molar-refractivity contribution in [1.29, 1.82) is 0 Å². The van der Waals surface area contributed by atoms with Gasteiger partial charge in [-0.15, -0.1) is 11.3 Å². The fourth-order valence-electron chi connectivity index (χ4n) is 4.02. The summed E-state index contributed by atoms with van der Waals surface area (Å²) in [6, 6.07) is 11.2. The lowest BCUT2D eigenvalue weighted by molar-refractivity contribution is -0.137. The van der Waals surface area contributed by atoms with Crippen LogP contribution in [0.2, 0.25) is 0 Å². The van der Waals surface area contributed by atoms with Gasteiger partial charge in [0.25, 0.3) is 0 Å². The lowest BCUT2D eigenvalue weighted by Crippen LogP contribution is -2.46. The van der Waals surface area contributed by atoms with Crippen molar-refractivity contribution < 1.29 is 37.0 Å². The van der Waals surface area contributed by atoms with Gasteiger partial charge in [0, 0.05) is 30.8 Å². The molecule has 8 nitrogen and oxygen atoms in total. The molecule has 0 fully saturated rings.